The molecule has 2 atom stereocenters. The molecule has 2 unspecified atom stereocenters. The lowest BCUT2D eigenvalue weighted by atomic mass is 10.4. The zero-order valence-electron chi connectivity index (χ0n) is 9.28. The zero-order chi connectivity index (χ0) is 13.1. The van der Waals surface area contributed by atoms with Crippen LogP contribution in [0.4, 0.5) is 19.1 Å². The predicted octanol–water partition coefficient (Wildman–Crippen LogP) is 1.67. The number of aromatic nitrogens is 2. The maximum absolute atomic E-state index is 12.3. The first kappa shape index (κ1) is 13.9. The average Bonchev–Trinajstić information content (AvgIpc) is 2.15. The molecule has 0 saturated carbocycles. The van der Waals surface area contributed by atoms with E-state index in [0.29, 0.717) is 5.75 Å². The fourth-order valence-electron chi connectivity index (χ4n) is 1.20. The third-order valence-corrected chi connectivity index (χ3v) is 2.78. The number of hydrogen-bond donors (Lipinski definition) is 1. The van der Waals surface area contributed by atoms with Crippen LogP contribution in [0, 0.1) is 0 Å². The van der Waals surface area contributed by atoms with Crippen molar-refractivity contribution >= 4 is 16.7 Å². The summed E-state index contributed by atoms with van der Waals surface area (Å²) in [5.41, 5.74) is -1.00. The van der Waals surface area contributed by atoms with Gasteiger partial charge in [-0.15, -0.1) is 0 Å². The highest BCUT2D eigenvalue weighted by Gasteiger charge is 2.32. The molecule has 1 heterocycles. The Morgan fingerprint density at radius 2 is 2.18 bits per heavy atom. The SMILES string of the molecule is CC(CS(C)=O)Nc1nccc(C(F)(F)F)n1. The molecule has 0 aliphatic rings. The van der Waals surface area contributed by atoms with Crippen LogP contribution in [0.1, 0.15) is 12.6 Å². The summed E-state index contributed by atoms with van der Waals surface area (Å²) < 4.78 is 48.0. The standard InChI is InChI=1S/C9H12F3N3OS/c1-6(5-17(2)16)14-8-13-4-3-7(15-8)9(10,11)12/h3-4,6H,5H2,1-2H3,(H,13,14,15). The minimum absolute atomic E-state index is 0.113. The lowest BCUT2D eigenvalue weighted by Crippen LogP contribution is -2.24. The number of hydrogen-bond acceptors (Lipinski definition) is 4. The van der Waals surface area contributed by atoms with E-state index in [4.69, 9.17) is 0 Å². The second-order valence-corrected chi connectivity index (χ2v) is 5.03. The predicted molar refractivity (Wildman–Crippen MR) is 59.1 cm³/mol. The summed E-state index contributed by atoms with van der Waals surface area (Å²) in [7, 11) is -1.03. The van der Waals surface area contributed by atoms with E-state index < -0.39 is 22.7 Å². The average molecular weight is 267 g/mol. The second-order valence-electron chi connectivity index (χ2n) is 3.55. The first-order chi connectivity index (χ1) is 7.79. The van der Waals surface area contributed by atoms with Gasteiger partial charge >= 0.3 is 6.18 Å². The quantitative estimate of drug-likeness (QED) is 0.901. The molecule has 0 bridgehead atoms. The molecule has 1 N–H and O–H groups in total. The molecule has 0 amide bonds. The van der Waals surface area contributed by atoms with Gasteiger partial charge in [-0.1, -0.05) is 0 Å². The Morgan fingerprint density at radius 3 is 2.71 bits per heavy atom. The molecule has 17 heavy (non-hydrogen) atoms. The molecule has 1 aromatic heterocycles. The van der Waals surface area contributed by atoms with Crippen molar-refractivity contribution in [2.75, 3.05) is 17.3 Å². The van der Waals surface area contributed by atoms with Gasteiger partial charge in [-0.2, -0.15) is 13.2 Å². The van der Waals surface area contributed by atoms with E-state index in [1.54, 1.807) is 6.92 Å². The van der Waals surface area contributed by atoms with Crippen LogP contribution in [-0.4, -0.2) is 32.2 Å². The van der Waals surface area contributed by atoms with Crippen molar-refractivity contribution in [2.45, 2.75) is 19.1 Å². The zero-order valence-corrected chi connectivity index (χ0v) is 10.1. The Morgan fingerprint density at radius 1 is 1.53 bits per heavy atom. The Balaban J connectivity index is 2.76. The highest BCUT2D eigenvalue weighted by molar-refractivity contribution is 7.84. The van der Waals surface area contributed by atoms with Gasteiger partial charge in [0.25, 0.3) is 0 Å². The van der Waals surface area contributed by atoms with Gasteiger partial charge in [0.15, 0.2) is 0 Å². The van der Waals surface area contributed by atoms with E-state index in [-0.39, 0.29) is 12.0 Å². The van der Waals surface area contributed by atoms with Crippen LogP contribution in [0.25, 0.3) is 0 Å². The van der Waals surface area contributed by atoms with Crippen molar-refractivity contribution in [3.63, 3.8) is 0 Å². The van der Waals surface area contributed by atoms with Crippen LogP contribution in [-0.2, 0) is 17.0 Å². The molecular formula is C9H12F3N3OS. The summed E-state index contributed by atoms with van der Waals surface area (Å²) in [4.78, 5) is 7.02. The maximum Gasteiger partial charge on any atom is 0.433 e. The molecule has 0 radical (unpaired) electrons. The van der Waals surface area contributed by atoms with Gasteiger partial charge in [0.05, 0.1) is 0 Å². The van der Waals surface area contributed by atoms with Gasteiger partial charge in [-0.3, -0.25) is 4.21 Å². The maximum atomic E-state index is 12.3. The molecule has 0 aliphatic heterocycles. The molecule has 0 fully saturated rings. The van der Waals surface area contributed by atoms with Crippen LogP contribution in [0.5, 0.6) is 0 Å². The number of anilines is 1. The van der Waals surface area contributed by atoms with Gasteiger partial charge in [0.2, 0.25) is 5.95 Å². The molecule has 1 rings (SSSR count). The van der Waals surface area contributed by atoms with E-state index in [1.807, 2.05) is 0 Å². The third kappa shape index (κ3) is 4.68. The van der Waals surface area contributed by atoms with Crippen LogP contribution >= 0.6 is 0 Å². The monoisotopic (exact) mass is 267 g/mol. The number of nitrogens with one attached hydrogen (secondary N) is 1. The van der Waals surface area contributed by atoms with Crippen LogP contribution in [0.3, 0.4) is 0 Å². The number of alkyl halides is 3. The van der Waals surface area contributed by atoms with Crippen molar-refractivity contribution < 1.29 is 17.4 Å². The van der Waals surface area contributed by atoms with Gasteiger partial charge in [0, 0.05) is 35.0 Å². The largest absolute Gasteiger partial charge is 0.433 e. The minimum atomic E-state index is -4.49. The van der Waals surface area contributed by atoms with Crippen molar-refractivity contribution in [3.8, 4) is 0 Å². The molecular weight excluding hydrogens is 255 g/mol. The normalized spacial score (nSPS) is 15.4. The smallest absolute Gasteiger partial charge is 0.351 e. The Bertz CT molecular complexity index is 411. The number of nitrogens with zero attached hydrogens (tertiary/aromatic N) is 2. The van der Waals surface area contributed by atoms with Crippen LogP contribution < -0.4 is 5.32 Å². The molecule has 0 aromatic carbocycles. The van der Waals surface area contributed by atoms with E-state index in [9.17, 15) is 17.4 Å². The fourth-order valence-corrected chi connectivity index (χ4v) is 1.99. The Labute approximate surface area is 99.1 Å². The summed E-state index contributed by atoms with van der Waals surface area (Å²) in [6.45, 7) is 1.70. The molecule has 0 saturated heterocycles. The lowest BCUT2D eigenvalue weighted by Gasteiger charge is -2.13. The fraction of sp³-hybridized carbons (Fsp3) is 0.556. The Kier molecular flexibility index (Phi) is 4.44. The van der Waals surface area contributed by atoms with Gasteiger partial charge in [-0.05, 0) is 13.0 Å². The molecule has 1 aromatic rings. The summed E-state index contributed by atoms with van der Waals surface area (Å²) in [5.74, 6) is 0.206. The van der Waals surface area contributed by atoms with Crippen LogP contribution in [0.15, 0.2) is 12.3 Å². The summed E-state index contributed by atoms with van der Waals surface area (Å²) in [6, 6.07) is 0.540. The topological polar surface area (TPSA) is 54.9 Å². The van der Waals surface area contributed by atoms with Gasteiger partial charge < -0.3 is 5.32 Å². The highest BCUT2D eigenvalue weighted by Crippen LogP contribution is 2.27. The van der Waals surface area contributed by atoms with Gasteiger partial charge in [-0.25, -0.2) is 9.97 Å². The van der Waals surface area contributed by atoms with E-state index in [1.165, 1.54) is 6.26 Å². The first-order valence-electron chi connectivity index (χ1n) is 4.76. The summed E-state index contributed by atoms with van der Waals surface area (Å²) in [6.07, 6.45) is -1.94. The van der Waals surface area contributed by atoms with Crippen molar-refractivity contribution in [1.82, 2.24) is 9.97 Å². The third-order valence-electron chi connectivity index (χ3n) is 1.81. The van der Waals surface area contributed by atoms with Crippen LogP contribution in [0.2, 0.25) is 0 Å². The van der Waals surface area contributed by atoms with E-state index in [0.717, 1.165) is 12.3 Å². The minimum Gasteiger partial charge on any atom is -0.351 e. The number of rotatable bonds is 4. The van der Waals surface area contributed by atoms with Crippen molar-refractivity contribution in [1.29, 1.82) is 0 Å². The molecule has 8 heteroatoms. The van der Waals surface area contributed by atoms with Gasteiger partial charge in [0.1, 0.15) is 5.69 Å². The molecule has 0 spiro atoms. The Hall–Kier alpha value is -1.18. The van der Waals surface area contributed by atoms with E-state index >= 15 is 0 Å². The molecule has 0 aliphatic carbocycles. The molecule has 4 nitrogen and oxygen atoms in total. The number of halogens is 3. The highest BCUT2D eigenvalue weighted by atomic mass is 32.2. The summed E-state index contributed by atoms with van der Waals surface area (Å²) in [5, 5.41) is 2.67. The van der Waals surface area contributed by atoms with E-state index in [2.05, 4.69) is 15.3 Å². The summed E-state index contributed by atoms with van der Waals surface area (Å²) >= 11 is 0. The van der Waals surface area contributed by atoms with Crippen molar-refractivity contribution in [3.05, 3.63) is 18.0 Å². The lowest BCUT2D eigenvalue weighted by molar-refractivity contribution is -0.141. The first-order valence-corrected chi connectivity index (χ1v) is 6.48. The molecule has 96 valence electrons. The second kappa shape index (κ2) is 5.44. The van der Waals surface area contributed by atoms with Crippen molar-refractivity contribution in [2.24, 2.45) is 0 Å².